The van der Waals surface area contributed by atoms with E-state index in [-0.39, 0.29) is 18.1 Å². The Kier molecular flexibility index (Phi) is 7.36. The van der Waals surface area contributed by atoms with Gasteiger partial charge in [0.25, 0.3) is 0 Å². The van der Waals surface area contributed by atoms with Crippen LogP contribution in [-0.4, -0.2) is 25.3 Å². The SMILES string of the molecule is COC(=O)C[C@@H](c1oc(CSc2ccc(OC)cc2)cc(=O)c1O)C(C)C. The van der Waals surface area contributed by atoms with Crippen molar-refractivity contribution in [2.24, 2.45) is 5.92 Å². The predicted octanol–water partition coefficient (Wildman–Crippen LogP) is 3.95. The number of hydrogen-bond acceptors (Lipinski definition) is 7. The predicted molar refractivity (Wildman–Crippen MR) is 103 cm³/mol. The third-order valence-corrected chi connectivity index (χ3v) is 5.23. The molecular formula is C20H24O6S. The van der Waals surface area contributed by atoms with Gasteiger partial charge in [-0.05, 0) is 30.2 Å². The van der Waals surface area contributed by atoms with Crippen molar-refractivity contribution in [3.8, 4) is 11.5 Å². The van der Waals surface area contributed by atoms with Crippen LogP contribution in [0, 0.1) is 5.92 Å². The van der Waals surface area contributed by atoms with Gasteiger partial charge in [-0.25, -0.2) is 0 Å². The molecule has 0 fully saturated rings. The summed E-state index contributed by atoms with van der Waals surface area (Å²) in [5.41, 5.74) is -0.517. The second-order valence-electron chi connectivity index (χ2n) is 6.38. The number of methoxy groups -OCH3 is 2. The second-order valence-corrected chi connectivity index (χ2v) is 7.43. The van der Waals surface area contributed by atoms with Crippen LogP contribution in [-0.2, 0) is 15.3 Å². The Labute approximate surface area is 162 Å². The van der Waals surface area contributed by atoms with Gasteiger partial charge in [0, 0.05) is 16.9 Å². The number of hydrogen-bond donors (Lipinski definition) is 1. The fourth-order valence-corrected chi connectivity index (χ4v) is 3.38. The molecule has 0 amide bonds. The monoisotopic (exact) mass is 392 g/mol. The summed E-state index contributed by atoms with van der Waals surface area (Å²) in [7, 11) is 2.91. The highest BCUT2D eigenvalue weighted by molar-refractivity contribution is 7.98. The number of esters is 1. The van der Waals surface area contributed by atoms with Crippen LogP contribution in [0.2, 0.25) is 0 Å². The van der Waals surface area contributed by atoms with Crippen LogP contribution in [0.3, 0.4) is 0 Å². The molecular weight excluding hydrogens is 368 g/mol. The Hall–Kier alpha value is -2.41. The average molecular weight is 392 g/mol. The van der Waals surface area contributed by atoms with E-state index in [0.29, 0.717) is 11.5 Å². The van der Waals surface area contributed by atoms with E-state index in [9.17, 15) is 14.7 Å². The van der Waals surface area contributed by atoms with Gasteiger partial charge in [0.2, 0.25) is 11.2 Å². The molecule has 0 saturated heterocycles. The molecule has 1 heterocycles. The Morgan fingerprint density at radius 2 is 1.89 bits per heavy atom. The molecule has 0 spiro atoms. The Morgan fingerprint density at radius 3 is 2.44 bits per heavy atom. The van der Waals surface area contributed by atoms with Crippen LogP contribution in [0.15, 0.2) is 44.4 Å². The minimum absolute atomic E-state index is 0.0253. The smallest absolute Gasteiger partial charge is 0.306 e. The van der Waals surface area contributed by atoms with Gasteiger partial charge in [0.15, 0.2) is 5.76 Å². The van der Waals surface area contributed by atoms with E-state index in [4.69, 9.17) is 13.9 Å². The molecule has 0 unspecified atom stereocenters. The molecule has 27 heavy (non-hydrogen) atoms. The van der Waals surface area contributed by atoms with Crippen LogP contribution in [0.5, 0.6) is 11.5 Å². The zero-order valence-corrected chi connectivity index (χ0v) is 16.7. The van der Waals surface area contributed by atoms with Gasteiger partial charge in [-0.2, -0.15) is 0 Å². The maximum Gasteiger partial charge on any atom is 0.306 e. The van der Waals surface area contributed by atoms with Crippen LogP contribution in [0.1, 0.15) is 37.7 Å². The molecule has 146 valence electrons. The highest BCUT2D eigenvalue weighted by Crippen LogP contribution is 2.34. The van der Waals surface area contributed by atoms with E-state index in [2.05, 4.69) is 0 Å². The van der Waals surface area contributed by atoms with Crippen molar-refractivity contribution in [3.05, 3.63) is 52.1 Å². The minimum atomic E-state index is -0.517. The number of aromatic hydroxyl groups is 1. The number of carbonyl (C=O) groups excluding carboxylic acids is 1. The van der Waals surface area contributed by atoms with Crippen molar-refractivity contribution in [3.63, 3.8) is 0 Å². The van der Waals surface area contributed by atoms with E-state index in [1.54, 1.807) is 7.11 Å². The van der Waals surface area contributed by atoms with Crippen molar-refractivity contribution in [2.45, 2.75) is 36.8 Å². The molecule has 0 aliphatic carbocycles. The molecule has 0 aliphatic rings. The van der Waals surface area contributed by atoms with Crippen molar-refractivity contribution < 1.29 is 23.8 Å². The molecule has 2 rings (SSSR count). The fourth-order valence-electron chi connectivity index (χ4n) is 2.60. The lowest BCUT2D eigenvalue weighted by molar-refractivity contribution is -0.141. The summed E-state index contributed by atoms with van der Waals surface area (Å²) in [4.78, 5) is 24.9. The summed E-state index contributed by atoms with van der Waals surface area (Å²) in [5.74, 6) is 0.402. The van der Waals surface area contributed by atoms with Crippen molar-refractivity contribution >= 4 is 17.7 Å². The number of benzene rings is 1. The lowest BCUT2D eigenvalue weighted by atomic mass is 9.89. The van der Waals surface area contributed by atoms with E-state index < -0.39 is 23.1 Å². The Balaban J connectivity index is 2.25. The third kappa shape index (κ3) is 5.53. The number of thioether (sulfide) groups is 1. The lowest BCUT2D eigenvalue weighted by Crippen LogP contribution is -2.16. The molecule has 6 nitrogen and oxygen atoms in total. The van der Waals surface area contributed by atoms with Crippen molar-refractivity contribution in [1.29, 1.82) is 0 Å². The molecule has 1 N–H and O–H groups in total. The maximum atomic E-state index is 12.2. The largest absolute Gasteiger partial charge is 0.502 e. The van der Waals surface area contributed by atoms with E-state index >= 15 is 0 Å². The normalized spacial score (nSPS) is 12.0. The summed E-state index contributed by atoms with van der Waals surface area (Å²) in [6.45, 7) is 3.79. The molecule has 0 saturated carbocycles. The van der Waals surface area contributed by atoms with Gasteiger partial charge in [0.1, 0.15) is 11.5 Å². The first kappa shape index (κ1) is 20.9. The quantitative estimate of drug-likeness (QED) is 0.538. The van der Waals surface area contributed by atoms with Crippen LogP contribution < -0.4 is 10.2 Å². The summed E-state index contributed by atoms with van der Waals surface area (Å²) < 4.78 is 15.7. The summed E-state index contributed by atoms with van der Waals surface area (Å²) in [6.07, 6.45) is 0.0275. The van der Waals surface area contributed by atoms with Gasteiger partial charge in [-0.15, -0.1) is 11.8 Å². The standard InChI is InChI=1S/C20H24O6S/c1-12(2)16(10-18(22)25-4)20-19(23)17(21)9-14(26-20)11-27-15-7-5-13(24-3)6-8-15/h5-9,12,16,23H,10-11H2,1-4H3/t16-/m1/s1. The van der Waals surface area contributed by atoms with Crippen LogP contribution >= 0.6 is 11.8 Å². The summed E-state index contributed by atoms with van der Waals surface area (Å²) in [5, 5.41) is 10.2. The van der Waals surface area contributed by atoms with Crippen molar-refractivity contribution in [1.82, 2.24) is 0 Å². The summed E-state index contributed by atoms with van der Waals surface area (Å²) >= 11 is 1.49. The molecule has 7 heteroatoms. The van der Waals surface area contributed by atoms with E-state index in [1.807, 2.05) is 38.1 Å². The maximum absolute atomic E-state index is 12.2. The van der Waals surface area contributed by atoms with E-state index in [1.165, 1.54) is 24.9 Å². The van der Waals surface area contributed by atoms with Gasteiger partial charge in [-0.3, -0.25) is 9.59 Å². The molecule has 0 bridgehead atoms. The highest BCUT2D eigenvalue weighted by Gasteiger charge is 2.27. The topological polar surface area (TPSA) is 86.0 Å². The third-order valence-electron chi connectivity index (χ3n) is 4.20. The zero-order chi connectivity index (χ0) is 20.0. The first-order chi connectivity index (χ1) is 12.8. The fraction of sp³-hybridized carbons (Fsp3) is 0.400. The van der Waals surface area contributed by atoms with Gasteiger partial charge in [-0.1, -0.05) is 13.8 Å². The zero-order valence-electron chi connectivity index (χ0n) is 15.9. The minimum Gasteiger partial charge on any atom is -0.502 e. The average Bonchev–Trinajstić information content (AvgIpc) is 2.67. The molecule has 0 radical (unpaired) electrons. The molecule has 0 aliphatic heterocycles. The number of carbonyl (C=O) groups is 1. The molecule has 2 aromatic rings. The first-order valence-corrected chi connectivity index (χ1v) is 9.53. The van der Waals surface area contributed by atoms with Gasteiger partial charge < -0.3 is 19.0 Å². The summed E-state index contributed by atoms with van der Waals surface area (Å²) in [6, 6.07) is 8.82. The highest BCUT2D eigenvalue weighted by atomic mass is 32.2. The van der Waals surface area contributed by atoms with Crippen molar-refractivity contribution in [2.75, 3.05) is 14.2 Å². The molecule has 1 aromatic heterocycles. The number of rotatable bonds is 8. The van der Waals surface area contributed by atoms with Crippen LogP contribution in [0.4, 0.5) is 0 Å². The van der Waals surface area contributed by atoms with Gasteiger partial charge >= 0.3 is 5.97 Å². The van der Waals surface area contributed by atoms with E-state index in [0.717, 1.165) is 10.6 Å². The van der Waals surface area contributed by atoms with Gasteiger partial charge in [0.05, 0.1) is 26.4 Å². The first-order valence-electron chi connectivity index (χ1n) is 8.55. The Morgan fingerprint density at radius 1 is 1.22 bits per heavy atom. The lowest BCUT2D eigenvalue weighted by Gasteiger charge is -2.20. The second kappa shape index (κ2) is 9.50. The molecule has 1 aromatic carbocycles. The van der Waals surface area contributed by atoms with Crippen LogP contribution in [0.25, 0.3) is 0 Å². The number of ether oxygens (including phenoxy) is 2. The Bertz CT molecular complexity index is 825. The molecule has 1 atom stereocenters.